The average Bonchev–Trinajstić information content (AvgIpc) is 2.39. The molecule has 20 heavy (non-hydrogen) atoms. The zero-order valence-corrected chi connectivity index (χ0v) is 13.2. The minimum Gasteiger partial charge on any atom is -0.378 e. The maximum absolute atomic E-state index is 11.8. The summed E-state index contributed by atoms with van der Waals surface area (Å²) in [4.78, 5) is 11.8. The standard InChI is InChI=1S/C13H16Cl2N2O2.ClH/c14-10-2-1-9(12(15)5-10)7-17-13(18)6-11-8-19-4-3-16-11;/h1-2,5,11,16H,3-4,6-8H2,(H,17,18);1H. The smallest absolute Gasteiger partial charge is 0.221 e. The topological polar surface area (TPSA) is 50.4 Å². The number of amides is 1. The maximum Gasteiger partial charge on any atom is 0.221 e. The molecule has 4 nitrogen and oxygen atoms in total. The molecular formula is C13H17Cl3N2O2. The monoisotopic (exact) mass is 338 g/mol. The van der Waals surface area contributed by atoms with E-state index in [-0.39, 0.29) is 24.4 Å². The van der Waals surface area contributed by atoms with Gasteiger partial charge in [0, 0.05) is 35.6 Å². The highest BCUT2D eigenvalue weighted by molar-refractivity contribution is 6.35. The molecule has 0 aliphatic carbocycles. The van der Waals surface area contributed by atoms with Crippen molar-refractivity contribution < 1.29 is 9.53 Å². The highest BCUT2D eigenvalue weighted by Gasteiger charge is 2.16. The molecule has 2 N–H and O–H groups in total. The van der Waals surface area contributed by atoms with Crippen LogP contribution >= 0.6 is 35.6 Å². The molecule has 112 valence electrons. The Kier molecular flexibility index (Phi) is 7.62. The summed E-state index contributed by atoms with van der Waals surface area (Å²) < 4.78 is 5.30. The summed E-state index contributed by atoms with van der Waals surface area (Å²) in [5.74, 6) is -0.0194. The number of morpholine rings is 1. The van der Waals surface area contributed by atoms with E-state index in [4.69, 9.17) is 27.9 Å². The molecule has 7 heteroatoms. The Morgan fingerprint density at radius 3 is 2.90 bits per heavy atom. The van der Waals surface area contributed by atoms with Gasteiger partial charge in [0.05, 0.1) is 13.2 Å². The highest BCUT2D eigenvalue weighted by Crippen LogP contribution is 2.20. The third kappa shape index (κ3) is 5.46. The van der Waals surface area contributed by atoms with E-state index < -0.39 is 0 Å². The SMILES string of the molecule is Cl.O=C(CC1COCCN1)NCc1ccc(Cl)cc1Cl. The first-order valence-corrected chi connectivity index (χ1v) is 6.92. The molecule has 1 aliphatic heterocycles. The average molecular weight is 340 g/mol. The Hall–Kier alpha value is -0.520. The quantitative estimate of drug-likeness (QED) is 0.886. The molecule has 0 aromatic heterocycles. The third-order valence-electron chi connectivity index (χ3n) is 2.92. The van der Waals surface area contributed by atoms with Crippen LogP contribution in [0.3, 0.4) is 0 Å². The summed E-state index contributed by atoms with van der Waals surface area (Å²) in [7, 11) is 0. The van der Waals surface area contributed by atoms with Crippen LogP contribution in [0.1, 0.15) is 12.0 Å². The van der Waals surface area contributed by atoms with E-state index in [9.17, 15) is 4.79 Å². The van der Waals surface area contributed by atoms with Crippen LogP contribution in [0.5, 0.6) is 0 Å². The van der Waals surface area contributed by atoms with E-state index in [2.05, 4.69) is 10.6 Å². The summed E-state index contributed by atoms with van der Waals surface area (Å²) in [6.07, 6.45) is 0.408. The van der Waals surface area contributed by atoms with E-state index in [1.165, 1.54) is 0 Å². The molecule has 0 bridgehead atoms. The van der Waals surface area contributed by atoms with Crippen LogP contribution in [0.2, 0.25) is 10.0 Å². The summed E-state index contributed by atoms with van der Waals surface area (Å²) >= 11 is 11.9. The Balaban J connectivity index is 0.00000200. The van der Waals surface area contributed by atoms with Crippen molar-refractivity contribution in [2.45, 2.75) is 19.0 Å². The van der Waals surface area contributed by atoms with Gasteiger partial charge < -0.3 is 15.4 Å². The fraction of sp³-hybridized carbons (Fsp3) is 0.462. The van der Waals surface area contributed by atoms with Gasteiger partial charge in [-0.25, -0.2) is 0 Å². The van der Waals surface area contributed by atoms with Crippen LogP contribution in [0, 0.1) is 0 Å². The number of benzene rings is 1. The first-order valence-electron chi connectivity index (χ1n) is 6.17. The molecular weight excluding hydrogens is 323 g/mol. The van der Waals surface area contributed by atoms with Gasteiger partial charge in [0.25, 0.3) is 0 Å². The van der Waals surface area contributed by atoms with Crippen LogP contribution in [0.15, 0.2) is 18.2 Å². The first-order chi connectivity index (χ1) is 9.15. The molecule has 1 heterocycles. The predicted molar refractivity (Wildman–Crippen MR) is 82.8 cm³/mol. The largest absolute Gasteiger partial charge is 0.378 e. The molecule has 0 saturated carbocycles. The number of hydrogen-bond donors (Lipinski definition) is 2. The number of halogens is 3. The minimum absolute atomic E-state index is 0. The van der Waals surface area contributed by atoms with Gasteiger partial charge in [0.15, 0.2) is 0 Å². The van der Waals surface area contributed by atoms with E-state index in [0.717, 1.165) is 12.1 Å². The molecule has 1 aromatic carbocycles. The lowest BCUT2D eigenvalue weighted by Crippen LogP contribution is -2.44. The van der Waals surface area contributed by atoms with Gasteiger partial charge in [0.1, 0.15) is 0 Å². The molecule has 1 unspecified atom stereocenters. The second-order valence-electron chi connectivity index (χ2n) is 4.44. The van der Waals surface area contributed by atoms with E-state index in [1.807, 2.05) is 6.07 Å². The molecule has 1 amide bonds. The Bertz CT molecular complexity index is 451. The number of hydrogen-bond acceptors (Lipinski definition) is 3. The molecule has 1 saturated heterocycles. The fourth-order valence-electron chi connectivity index (χ4n) is 1.91. The lowest BCUT2D eigenvalue weighted by Gasteiger charge is -2.23. The van der Waals surface area contributed by atoms with Crippen LogP contribution in [-0.2, 0) is 16.1 Å². The molecule has 1 fully saturated rings. The van der Waals surface area contributed by atoms with Crippen molar-refractivity contribution in [1.82, 2.24) is 10.6 Å². The zero-order chi connectivity index (χ0) is 13.7. The summed E-state index contributed by atoms with van der Waals surface area (Å²) in [5, 5.41) is 7.23. The van der Waals surface area contributed by atoms with Gasteiger partial charge in [-0.3, -0.25) is 4.79 Å². The fourth-order valence-corrected chi connectivity index (χ4v) is 2.38. The Morgan fingerprint density at radius 1 is 1.45 bits per heavy atom. The molecule has 2 rings (SSSR count). The van der Waals surface area contributed by atoms with Crippen LogP contribution in [0.4, 0.5) is 0 Å². The van der Waals surface area contributed by atoms with Gasteiger partial charge in [0.2, 0.25) is 5.91 Å². The second-order valence-corrected chi connectivity index (χ2v) is 5.29. The predicted octanol–water partition coefficient (Wildman–Crippen LogP) is 2.41. The maximum atomic E-state index is 11.8. The lowest BCUT2D eigenvalue weighted by molar-refractivity contribution is -0.122. The molecule has 1 aromatic rings. The van der Waals surface area contributed by atoms with Crippen molar-refractivity contribution in [1.29, 1.82) is 0 Å². The lowest BCUT2D eigenvalue weighted by atomic mass is 10.2. The van der Waals surface area contributed by atoms with Crippen LogP contribution in [0.25, 0.3) is 0 Å². The first kappa shape index (κ1) is 17.5. The van der Waals surface area contributed by atoms with Gasteiger partial charge in [-0.1, -0.05) is 29.3 Å². The third-order valence-corrected chi connectivity index (χ3v) is 3.51. The molecule has 0 spiro atoms. The van der Waals surface area contributed by atoms with Crippen molar-refractivity contribution in [2.75, 3.05) is 19.8 Å². The van der Waals surface area contributed by atoms with Gasteiger partial charge in [-0.15, -0.1) is 12.4 Å². The Morgan fingerprint density at radius 2 is 2.25 bits per heavy atom. The van der Waals surface area contributed by atoms with Crippen molar-refractivity contribution in [3.05, 3.63) is 33.8 Å². The number of rotatable bonds is 4. The van der Waals surface area contributed by atoms with Crippen molar-refractivity contribution in [2.24, 2.45) is 0 Å². The number of carbonyl (C=O) groups excluding carboxylic acids is 1. The molecule has 1 atom stereocenters. The normalized spacial score (nSPS) is 18.2. The zero-order valence-electron chi connectivity index (χ0n) is 10.8. The summed E-state index contributed by atoms with van der Waals surface area (Å²) in [6.45, 7) is 2.48. The molecule has 0 radical (unpaired) electrons. The second kappa shape index (κ2) is 8.70. The van der Waals surface area contributed by atoms with Crippen LogP contribution in [-0.4, -0.2) is 31.7 Å². The van der Waals surface area contributed by atoms with Gasteiger partial charge >= 0.3 is 0 Å². The van der Waals surface area contributed by atoms with Gasteiger partial charge in [-0.2, -0.15) is 0 Å². The Labute approximate surface area is 134 Å². The van der Waals surface area contributed by atoms with E-state index in [1.54, 1.807) is 12.1 Å². The minimum atomic E-state index is -0.0194. The summed E-state index contributed by atoms with van der Waals surface area (Å²) in [5.41, 5.74) is 0.854. The molecule has 1 aliphatic rings. The van der Waals surface area contributed by atoms with Crippen molar-refractivity contribution in [3.63, 3.8) is 0 Å². The van der Waals surface area contributed by atoms with E-state index in [0.29, 0.717) is 36.2 Å². The highest BCUT2D eigenvalue weighted by atomic mass is 35.5. The van der Waals surface area contributed by atoms with Crippen LogP contribution < -0.4 is 10.6 Å². The number of nitrogens with one attached hydrogen (secondary N) is 2. The summed E-state index contributed by atoms with van der Waals surface area (Å²) in [6, 6.07) is 5.33. The van der Waals surface area contributed by atoms with Crippen molar-refractivity contribution in [3.8, 4) is 0 Å². The van der Waals surface area contributed by atoms with Gasteiger partial charge in [-0.05, 0) is 17.7 Å². The number of ether oxygens (including phenoxy) is 1. The number of carbonyl (C=O) groups is 1. The van der Waals surface area contributed by atoms with Crippen molar-refractivity contribution >= 4 is 41.5 Å². The van der Waals surface area contributed by atoms with E-state index >= 15 is 0 Å².